The first kappa shape index (κ1) is 12.5. The molecule has 0 saturated heterocycles. The van der Waals surface area contributed by atoms with E-state index in [0.29, 0.717) is 17.8 Å². The van der Waals surface area contributed by atoms with Crippen molar-refractivity contribution in [3.05, 3.63) is 16.7 Å². The minimum absolute atomic E-state index is 0.687. The van der Waals surface area contributed by atoms with Gasteiger partial charge in [0, 0.05) is 18.4 Å². The Kier molecular flexibility index (Phi) is 4.14. The number of rotatable bonds is 4. The number of imidazole rings is 1. The van der Waals surface area contributed by atoms with Gasteiger partial charge >= 0.3 is 0 Å². The lowest BCUT2D eigenvalue weighted by Gasteiger charge is -2.25. The molecule has 0 bridgehead atoms. The second kappa shape index (κ2) is 4.97. The van der Waals surface area contributed by atoms with Crippen LogP contribution in [0.2, 0.25) is 0 Å². The van der Waals surface area contributed by atoms with Gasteiger partial charge in [-0.2, -0.15) is 0 Å². The molecular weight excluding hydrogens is 204 g/mol. The van der Waals surface area contributed by atoms with Gasteiger partial charge in [-0.15, -0.1) is 0 Å². The van der Waals surface area contributed by atoms with Crippen LogP contribution in [0.1, 0.15) is 33.4 Å². The summed E-state index contributed by atoms with van der Waals surface area (Å²) in [7, 11) is 0. The van der Waals surface area contributed by atoms with Crippen LogP contribution in [0.3, 0.4) is 0 Å². The molecule has 1 aromatic heterocycles. The first-order valence-corrected chi connectivity index (χ1v) is 6.08. The maximum absolute atomic E-state index is 5.27. The monoisotopic (exact) mass is 226 g/mol. The number of nitrogens with zero attached hydrogens (tertiary/aromatic N) is 1. The molecule has 0 spiro atoms. The van der Waals surface area contributed by atoms with Gasteiger partial charge < -0.3 is 9.55 Å². The van der Waals surface area contributed by atoms with Crippen molar-refractivity contribution in [1.82, 2.24) is 9.55 Å². The Hall–Kier alpha value is -0.570. The predicted octanol–water partition coefficient (Wildman–Crippen LogP) is 3.78. The van der Waals surface area contributed by atoms with Gasteiger partial charge in [0.05, 0.1) is 0 Å². The van der Waals surface area contributed by atoms with Crippen LogP contribution in [-0.2, 0) is 6.54 Å². The molecule has 0 radical (unpaired) electrons. The van der Waals surface area contributed by atoms with Crippen molar-refractivity contribution in [1.29, 1.82) is 0 Å². The standard InChI is InChI=1S/C12H22N2S/c1-8(2)11(9(3)4)7-14-6-10(5)13-12(14)15/h6,8-9,11H,7H2,1-5H3,(H,13,15). The maximum Gasteiger partial charge on any atom is 0.177 e. The molecule has 0 aromatic carbocycles. The Bertz CT molecular complexity index is 352. The minimum Gasteiger partial charge on any atom is -0.335 e. The average molecular weight is 226 g/mol. The van der Waals surface area contributed by atoms with E-state index in [0.717, 1.165) is 17.0 Å². The lowest BCUT2D eigenvalue weighted by Crippen LogP contribution is -2.21. The summed E-state index contributed by atoms with van der Waals surface area (Å²) in [6, 6.07) is 0. The third-order valence-electron chi connectivity index (χ3n) is 3.03. The van der Waals surface area contributed by atoms with Crippen molar-refractivity contribution in [3.8, 4) is 0 Å². The summed E-state index contributed by atoms with van der Waals surface area (Å²) in [5.41, 5.74) is 1.14. The van der Waals surface area contributed by atoms with Crippen molar-refractivity contribution >= 4 is 12.2 Å². The molecule has 86 valence electrons. The molecule has 0 unspecified atom stereocenters. The summed E-state index contributed by atoms with van der Waals surface area (Å²) in [5.74, 6) is 2.08. The molecule has 0 aliphatic heterocycles. The third-order valence-corrected chi connectivity index (χ3v) is 3.37. The van der Waals surface area contributed by atoms with Crippen molar-refractivity contribution in [2.75, 3.05) is 0 Å². The Morgan fingerprint density at radius 1 is 1.27 bits per heavy atom. The van der Waals surface area contributed by atoms with Gasteiger partial charge in [-0.1, -0.05) is 27.7 Å². The molecule has 0 aliphatic carbocycles. The fourth-order valence-corrected chi connectivity index (χ4v) is 2.41. The Balaban J connectivity index is 2.83. The van der Waals surface area contributed by atoms with E-state index in [1.165, 1.54) is 0 Å². The van der Waals surface area contributed by atoms with Crippen molar-refractivity contribution in [2.24, 2.45) is 17.8 Å². The largest absolute Gasteiger partial charge is 0.335 e. The Labute approximate surface area is 97.7 Å². The number of H-pyrrole nitrogens is 1. The first-order chi connectivity index (χ1) is 6.91. The Morgan fingerprint density at radius 2 is 1.80 bits per heavy atom. The smallest absolute Gasteiger partial charge is 0.177 e. The van der Waals surface area contributed by atoms with Gasteiger partial charge in [-0.3, -0.25) is 0 Å². The van der Waals surface area contributed by atoms with Crippen molar-refractivity contribution < 1.29 is 0 Å². The fraction of sp³-hybridized carbons (Fsp3) is 0.750. The number of hydrogen-bond acceptors (Lipinski definition) is 1. The first-order valence-electron chi connectivity index (χ1n) is 5.68. The lowest BCUT2D eigenvalue weighted by molar-refractivity contribution is 0.251. The average Bonchev–Trinajstić information content (AvgIpc) is 2.39. The van der Waals surface area contributed by atoms with E-state index in [1.54, 1.807) is 0 Å². The quantitative estimate of drug-likeness (QED) is 0.775. The van der Waals surface area contributed by atoms with E-state index in [2.05, 4.69) is 43.4 Å². The van der Waals surface area contributed by atoms with Crippen LogP contribution in [-0.4, -0.2) is 9.55 Å². The lowest BCUT2D eigenvalue weighted by atomic mass is 9.85. The third kappa shape index (κ3) is 3.20. The van der Waals surface area contributed by atoms with Gasteiger partial charge in [0.25, 0.3) is 0 Å². The highest BCUT2D eigenvalue weighted by molar-refractivity contribution is 7.71. The fourth-order valence-electron chi connectivity index (χ4n) is 2.12. The molecule has 0 amide bonds. The van der Waals surface area contributed by atoms with E-state index in [4.69, 9.17) is 12.2 Å². The maximum atomic E-state index is 5.27. The molecular formula is C12H22N2S. The topological polar surface area (TPSA) is 20.7 Å². The molecule has 0 atom stereocenters. The molecule has 0 aliphatic rings. The van der Waals surface area contributed by atoms with E-state index in [1.807, 2.05) is 6.92 Å². The zero-order valence-corrected chi connectivity index (χ0v) is 11.2. The SMILES string of the molecule is Cc1cn(CC(C(C)C)C(C)C)c(=S)[nH]1. The summed E-state index contributed by atoms with van der Waals surface area (Å²) >= 11 is 5.27. The van der Waals surface area contributed by atoms with Crippen LogP contribution in [0.15, 0.2) is 6.20 Å². The number of aryl methyl sites for hydroxylation is 1. The summed E-state index contributed by atoms with van der Waals surface area (Å²) < 4.78 is 3.01. The van der Waals surface area contributed by atoms with Crippen LogP contribution in [0.4, 0.5) is 0 Å². The second-order valence-corrected chi connectivity index (χ2v) is 5.43. The van der Waals surface area contributed by atoms with Crippen LogP contribution < -0.4 is 0 Å². The zero-order chi connectivity index (χ0) is 11.6. The molecule has 1 N–H and O–H groups in total. The van der Waals surface area contributed by atoms with E-state index < -0.39 is 0 Å². The van der Waals surface area contributed by atoms with Crippen molar-refractivity contribution in [3.63, 3.8) is 0 Å². The van der Waals surface area contributed by atoms with Gasteiger partial charge in [-0.05, 0) is 36.9 Å². The zero-order valence-electron chi connectivity index (χ0n) is 10.4. The predicted molar refractivity (Wildman–Crippen MR) is 67.5 cm³/mol. The summed E-state index contributed by atoms with van der Waals surface area (Å²) in [6.45, 7) is 12.2. The highest BCUT2D eigenvalue weighted by Crippen LogP contribution is 2.22. The molecule has 2 nitrogen and oxygen atoms in total. The van der Waals surface area contributed by atoms with Crippen molar-refractivity contribution in [2.45, 2.75) is 41.2 Å². The molecule has 1 heterocycles. The molecule has 15 heavy (non-hydrogen) atoms. The molecule has 1 rings (SSSR count). The highest BCUT2D eigenvalue weighted by atomic mass is 32.1. The van der Waals surface area contributed by atoms with Gasteiger partial charge in [0.2, 0.25) is 0 Å². The molecule has 1 aromatic rings. The van der Waals surface area contributed by atoms with Crippen LogP contribution in [0.25, 0.3) is 0 Å². The van der Waals surface area contributed by atoms with E-state index >= 15 is 0 Å². The Morgan fingerprint density at radius 3 is 2.13 bits per heavy atom. The molecule has 0 saturated carbocycles. The van der Waals surface area contributed by atoms with Crippen LogP contribution in [0.5, 0.6) is 0 Å². The van der Waals surface area contributed by atoms with Gasteiger partial charge in [-0.25, -0.2) is 0 Å². The number of nitrogens with one attached hydrogen (secondary N) is 1. The highest BCUT2D eigenvalue weighted by Gasteiger charge is 2.18. The summed E-state index contributed by atoms with van der Waals surface area (Å²) in [6.07, 6.45) is 2.11. The number of hydrogen-bond donors (Lipinski definition) is 1. The number of aromatic amines is 1. The normalized spacial score (nSPS) is 12.0. The van der Waals surface area contributed by atoms with Gasteiger partial charge in [0.1, 0.15) is 0 Å². The van der Waals surface area contributed by atoms with Gasteiger partial charge in [0.15, 0.2) is 4.77 Å². The van der Waals surface area contributed by atoms with Crippen LogP contribution in [0, 0.1) is 29.4 Å². The van der Waals surface area contributed by atoms with Crippen LogP contribution >= 0.6 is 12.2 Å². The summed E-state index contributed by atoms with van der Waals surface area (Å²) in [5, 5.41) is 0. The second-order valence-electron chi connectivity index (χ2n) is 5.05. The van der Waals surface area contributed by atoms with E-state index in [-0.39, 0.29) is 0 Å². The number of aromatic nitrogens is 2. The van der Waals surface area contributed by atoms with E-state index in [9.17, 15) is 0 Å². The minimum atomic E-state index is 0.687. The molecule has 3 heteroatoms. The summed E-state index contributed by atoms with van der Waals surface area (Å²) in [4.78, 5) is 3.17. The molecule has 0 fully saturated rings.